The Bertz CT molecular complexity index is 272. The lowest BCUT2D eigenvalue weighted by Crippen LogP contribution is -2.12. The van der Waals surface area contributed by atoms with Crippen LogP contribution in [0.15, 0.2) is 24.8 Å². The topological polar surface area (TPSA) is 0 Å². The van der Waals surface area contributed by atoms with E-state index in [1.807, 2.05) is 0 Å². The van der Waals surface area contributed by atoms with Gasteiger partial charge in [-0.3, -0.25) is 0 Å². The molecule has 0 radical (unpaired) electrons. The maximum atomic E-state index is 3.92. The monoisotopic (exact) mass is 260 g/mol. The first kappa shape index (κ1) is 14.9. The molecule has 0 saturated heterocycles. The molecule has 0 aromatic rings. The summed E-state index contributed by atoms with van der Waals surface area (Å²) in [5.41, 5.74) is 0. The molecule has 0 aliphatic heterocycles. The quantitative estimate of drug-likeness (QED) is 0.521. The van der Waals surface area contributed by atoms with E-state index in [-0.39, 0.29) is 0 Å². The fourth-order valence-electron chi connectivity index (χ4n) is 3.81. The normalized spacial score (nSPS) is 36.5. The second kappa shape index (κ2) is 7.92. The van der Waals surface area contributed by atoms with Crippen LogP contribution in [-0.4, -0.2) is 0 Å². The first-order valence-electron chi connectivity index (χ1n) is 8.57. The van der Waals surface area contributed by atoms with E-state index < -0.39 is 0 Å². The third kappa shape index (κ3) is 5.16. The van der Waals surface area contributed by atoms with Crippen LogP contribution >= 0.6 is 0 Å². The molecule has 0 bridgehead atoms. The molecule has 2 fully saturated rings. The van der Waals surface area contributed by atoms with Crippen molar-refractivity contribution in [1.82, 2.24) is 0 Å². The standard InChI is InChI=1S/C19H32/c1-3-17-12-14-19(15-13-17)7-5-4-6-18-10-8-16(2)9-11-18/h3,5,7,16-19H,1,4,6,8-15H2,2H3/t16-,17-,18-,19-. The van der Waals surface area contributed by atoms with Gasteiger partial charge < -0.3 is 0 Å². The molecule has 0 heteroatoms. The van der Waals surface area contributed by atoms with Crippen molar-refractivity contribution >= 4 is 0 Å². The van der Waals surface area contributed by atoms with Crippen LogP contribution in [-0.2, 0) is 0 Å². The Labute approximate surface area is 120 Å². The molecule has 2 aliphatic carbocycles. The molecule has 0 unspecified atom stereocenters. The highest BCUT2D eigenvalue weighted by Crippen LogP contribution is 2.32. The SMILES string of the molecule is C=C[C@H]1CC[C@H](C=CCC[C@H]2CC[C@H](C)CC2)CC1. The molecule has 0 N–H and O–H groups in total. The largest absolute Gasteiger partial charge is 0.103 e. The zero-order chi connectivity index (χ0) is 13.5. The minimum Gasteiger partial charge on any atom is -0.103 e. The molecular formula is C19H32. The van der Waals surface area contributed by atoms with Crippen molar-refractivity contribution in [3.8, 4) is 0 Å². The molecule has 19 heavy (non-hydrogen) atoms. The molecule has 108 valence electrons. The van der Waals surface area contributed by atoms with Crippen molar-refractivity contribution in [1.29, 1.82) is 0 Å². The Morgan fingerprint density at radius 3 is 2.16 bits per heavy atom. The summed E-state index contributed by atoms with van der Waals surface area (Å²) in [5.74, 6) is 3.68. The Hall–Kier alpha value is -0.520. The Balaban J connectivity index is 1.58. The molecule has 0 heterocycles. The predicted molar refractivity (Wildman–Crippen MR) is 85.1 cm³/mol. The van der Waals surface area contributed by atoms with E-state index in [2.05, 4.69) is 31.7 Å². The summed E-state index contributed by atoms with van der Waals surface area (Å²) in [6.45, 7) is 6.34. The van der Waals surface area contributed by atoms with Crippen LogP contribution in [0.5, 0.6) is 0 Å². The van der Waals surface area contributed by atoms with E-state index >= 15 is 0 Å². The molecule has 0 aromatic carbocycles. The van der Waals surface area contributed by atoms with Gasteiger partial charge in [0.1, 0.15) is 0 Å². The van der Waals surface area contributed by atoms with Crippen molar-refractivity contribution in [2.45, 2.75) is 71.1 Å². The summed E-state index contributed by atoms with van der Waals surface area (Å²) in [6.07, 6.45) is 21.3. The molecule has 2 rings (SSSR count). The lowest BCUT2D eigenvalue weighted by Gasteiger charge is -2.26. The van der Waals surface area contributed by atoms with E-state index in [0.29, 0.717) is 0 Å². The summed E-state index contributed by atoms with van der Waals surface area (Å²) in [7, 11) is 0. The highest BCUT2D eigenvalue weighted by molar-refractivity contribution is 4.94. The highest BCUT2D eigenvalue weighted by atomic mass is 14.2. The fourth-order valence-corrected chi connectivity index (χ4v) is 3.81. The predicted octanol–water partition coefficient (Wildman–Crippen LogP) is 6.14. The van der Waals surface area contributed by atoms with Gasteiger partial charge in [-0.25, -0.2) is 0 Å². The molecule has 2 saturated carbocycles. The fraction of sp³-hybridized carbons (Fsp3) is 0.789. The third-order valence-electron chi connectivity index (χ3n) is 5.44. The Morgan fingerprint density at radius 2 is 1.53 bits per heavy atom. The lowest BCUT2D eigenvalue weighted by molar-refractivity contribution is 0.278. The van der Waals surface area contributed by atoms with Gasteiger partial charge in [-0.2, -0.15) is 0 Å². The van der Waals surface area contributed by atoms with Crippen molar-refractivity contribution in [3.63, 3.8) is 0 Å². The van der Waals surface area contributed by atoms with Gasteiger partial charge in [-0.15, -0.1) is 6.58 Å². The average molecular weight is 260 g/mol. The van der Waals surface area contributed by atoms with Crippen molar-refractivity contribution in [2.24, 2.45) is 23.7 Å². The molecule has 2 aliphatic rings. The first-order valence-corrected chi connectivity index (χ1v) is 8.57. The van der Waals surface area contributed by atoms with Gasteiger partial charge in [0.25, 0.3) is 0 Å². The van der Waals surface area contributed by atoms with Crippen LogP contribution in [0.25, 0.3) is 0 Å². The summed E-state index contributed by atoms with van der Waals surface area (Å²) >= 11 is 0. The molecule has 0 amide bonds. The van der Waals surface area contributed by atoms with Crippen LogP contribution in [0, 0.1) is 23.7 Å². The number of hydrogen-bond acceptors (Lipinski definition) is 0. The molecule has 0 atom stereocenters. The second-order valence-corrected chi connectivity index (χ2v) is 7.04. The second-order valence-electron chi connectivity index (χ2n) is 7.04. The third-order valence-corrected chi connectivity index (χ3v) is 5.44. The zero-order valence-electron chi connectivity index (χ0n) is 12.8. The molecular weight excluding hydrogens is 228 g/mol. The number of allylic oxidation sites excluding steroid dienone is 3. The van der Waals surface area contributed by atoms with Gasteiger partial charge in [0.05, 0.1) is 0 Å². The maximum Gasteiger partial charge on any atom is -0.0233 e. The minimum atomic E-state index is 0.800. The average Bonchev–Trinajstić information content (AvgIpc) is 2.46. The van der Waals surface area contributed by atoms with E-state index in [1.54, 1.807) is 0 Å². The first-order chi connectivity index (χ1) is 9.28. The van der Waals surface area contributed by atoms with Crippen LogP contribution in [0.3, 0.4) is 0 Å². The zero-order valence-corrected chi connectivity index (χ0v) is 12.8. The van der Waals surface area contributed by atoms with Crippen molar-refractivity contribution in [2.75, 3.05) is 0 Å². The molecule has 0 spiro atoms. The van der Waals surface area contributed by atoms with Gasteiger partial charge >= 0.3 is 0 Å². The van der Waals surface area contributed by atoms with Gasteiger partial charge in [-0.1, -0.05) is 50.8 Å². The van der Waals surface area contributed by atoms with Crippen LogP contribution in [0.4, 0.5) is 0 Å². The van der Waals surface area contributed by atoms with E-state index in [9.17, 15) is 0 Å². The summed E-state index contributed by atoms with van der Waals surface area (Å²) < 4.78 is 0. The minimum absolute atomic E-state index is 0.800. The highest BCUT2D eigenvalue weighted by Gasteiger charge is 2.18. The van der Waals surface area contributed by atoms with Crippen LogP contribution in [0.1, 0.15) is 71.1 Å². The summed E-state index contributed by atoms with van der Waals surface area (Å²) in [4.78, 5) is 0. The Morgan fingerprint density at radius 1 is 0.895 bits per heavy atom. The molecule has 0 aromatic heterocycles. The van der Waals surface area contributed by atoms with Gasteiger partial charge in [0.15, 0.2) is 0 Å². The lowest BCUT2D eigenvalue weighted by atomic mass is 9.80. The summed E-state index contributed by atoms with van der Waals surface area (Å²) in [6, 6.07) is 0. The van der Waals surface area contributed by atoms with Crippen LogP contribution in [0.2, 0.25) is 0 Å². The van der Waals surface area contributed by atoms with Crippen molar-refractivity contribution < 1.29 is 0 Å². The van der Waals surface area contributed by atoms with Gasteiger partial charge in [0.2, 0.25) is 0 Å². The van der Waals surface area contributed by atoms with E-state index in [4.69, 9.17) is 0 Å². The smallest absolute Gasteiger partial charge is 0.0233 e. The van der Waals surface area contributed by atoms with Crippen LogP contribution < -0.4 is 0 Å². The maximum absolute atomic E-state index is 3.92. The molecule has 0 nitrogen and oxygen atoms in total. The number of hydrogen-bond donors (Lipinski definition) is 0. The Kier molecular flexibility index (Phi) is 6.20. The van der Waals surface area contributed by atoms with Crippen molar-refractivity contribution in [3.05, 3.63) is 24.8 Å². The number of rotatable bonds is 5. The van der Waals surface area contributed by atoms with Gasteiger partial charge in [-0.05, 0) is 62.2 Å². The van der Waals surface area contributed by atoms with E-state index in [1.165, 1.54) is 64.2 Å². The van der Waals surface area contributed by atoms with Gasteiger partial charge in [0, 0.05) is 0 Å². The summed E-state index contributed by atoms with van der Waals surface area (Å²) in [5, 5.41) is 0. The van der Waals surface area contributed by atoms with E-state index in [0.717, 1.165) is 23.7 Å².